The molecular formula is C9H12Br2N2O2S. The van der Waals surface area contributed by atoms with Crippen molar-refractivity contribution in [2.45, 2.75) is 11.3 Å². The number of benzene rings is 1. The normalized spacial score (nSPS) is 11.7. The largest absolute Gasteiger partial charge is 0.330 e. The molecule has 0 aliphatic carbocycles. The molecule has 16 heavy (non-hydrogen) atoms. The lowest BCUT2D eigenvalue weighted by Gasteiger charge is -2.08. The molecule has 0 saturated heterocycles. The molecule has 4 nitrogen and oxygen atoms in total. The lowest BCUT2D eigenvalue weighted by molar-refractivity contribution is 0.579. The molecule has 0 amide bonds. The quantitative estimate of drug-likeness (QED) is 0.775. The van der Waals surface area contributed by atoms with Crippen molar-refractivity contribution in [3.8, 4) is 0 Å². The van der Waals surface area contributed by atoms with Crippen LogP contribution >= 0.6 is 31.9 Å². The van der Waals surface area contributed by atoms with Crippen molar-refractivity contribution in [1.29, 1.82) is 0 Å². The van der Waals surface area contributed by atoms with Gasteiger partial charge < -0.3 is 5.73 Å². The zero-order chi connectivity index (χ0) is 12.2. The highest BCUT2D eigenvalue weighted by Gasteiger charge is 2.16. The standard InChI is InChI=1S/C9H12Br2N2O2S/c10-7-2-3-8(11)9(6-7)16(14,15)13-5-1-4-12/h2-3,6,13H,1,4-5,12H2. The zero-order valence-corrected chi connectivity index (χ0v) is 12.4. The van der Waals surface area contributed by atoms with Gasteiger partial charge in [-0.1, -0.05) is 15.9 Å². The minimum atomic E-state index is -3.47. The van der Waals surface area contributed by atoms with E-state index in [9.17, 15) is 8.42 Å². The Hall–Kier alpha value is 0.0500. The summed E-state index contributed by atoms with van der Waals surface area (Å²) in [5.74, 6) is 0. The van der Waals surface area contributed by atoms with E-state index in [-0.39, 0.29) is 4.90 Å². The van der Waals surface area contributed by atoms with Gasteiger partial charge in [0.05, 0.1) is 4.90 Å². The maximum absolute atomic E-state index is 11.9. The number of halogens is 2. The van der Waals surface area contributed by atoms with Crippen molar-refractivity contribution in [3.05, 3.63) is 27.1 Å². The molecule has 1 aromatic rings. The molecule has 1 rings (SSSR count). The smallest absolute Gasteiger partial charge is 0.241 e. The third kappa shape index (κ3) is 3.81. The first-order valence-electron chi connectivity index (χ1n) is 4.62. The average Bonchev–Trinajstić information content (AvgIpc) is 2.22. The Labute approximate surface area is 112 Å². The van der Waals surface area contributed by atoms with Crippen LogP contribution in [-0.2, 0) is 10.0 Å². The molecule has 0 saturated carbocycles. The van der Waals surface area contributed by atoms with Crippen LogP contribution in [-0.4, -0.2) is 21.5 Å². The highest BCUT2D eigenvalue weighted by molar-refractivity contribution is 9.11. The topological polar surface area (TPSA) is 72.2 Å². The summed E-state index contributed by atoms with van der Waals surface area (Å²) >= 11 is 6.45. The molecule has 0 unspecified atom stereocenters. The molecule has 0 atom stereocenters. The predicted molar refractivity (Wildman–Crippen MR) is 70.7 cm³/mol. The van der Waals surface area contributed by atoms with E-state index < -0.39 is 10.0 Å². The van der Waals surface area contributed by atoms with Crippen molar-refractivity contribution >= 4 is 41.9 Å². The molecule has 0 heterocycles. The van der Waals surface area contributed by atoms with Gasteiger partial charge >= 0.3 is 0 Å². The fourth-order valence-corrected chi connectivity index (χ4v) is 3.64. The number of nitrogens with one attached hydrogen (secondary N) is 1. The van der Waals surface area contributed by atoms with E-state index in [1.165, 1.54) is 0 Å². The maximum atomic E-state index is 11.9. The lowest BCUT2D eigenvalue weighted by Crippen LogP contribution is -2.26. The van der Waals surface area contributed by atoms with Crippen LogP contribution in [0.3, 0.4) is 0 Å². The third-order valence-electron chi connectivity index (χ3n) is 1.86. The number of rotatable bonds is 5. The molecule has 0 bridgehead atoms. The minimum Gasteiger partial charge on any atom is -0.330 e. The molecule has 0 aromatic heterocycles. The Morgan fingerprint density at radius 2 is 2.00 bits per heavy atom. The fourth-order valence-electron chi connectivity index (χ4n) is 1.07. The Morgan fingerprint density at radius 1 is 1.31 bits per heavy atom. The predicted octanol–water partition coefficient (Wildman–Crippen LogP) is 1.84. The number of nitrogens with two attached hydrogens (primary N) is 1. The van der Waals surface area contributed by atoms with E-state index in [1.807, 2.05) is 0 Å². The first-order valence-corrected chi connectivity index (χ1v) is 7.69. The van der Waals surface area contributed by atoms with Crippen LogP contribution in [0.1, 0.15) is 6.42 Å². The highest BCUT2D eigenvalue weighted by atomic mass is 79.9. The molecule has 0 aliphatic heterocycles. The molecule has 7 heteroatoms. The Morgan fingerprint density at radius 3 is 2.62 bits per heavy atom. The summed E-state index contributed by atoms with van der Waals surface area (Å²) in [4.78, 5) is 0.221. The van der Waals surface area contributed by atoms with Gasteiger partial charge in [0.2, 0.25) is 10.0 Å². The third-order valence-corrected chi connectivity index (χ3v) is 4.80. The summed E-state index contributed by atoms with van der Waals surface area (Å²) in [5, 5.41) is 0. The van der Waals surface area contributed by atoms with E-state index in [2.05, 4.69) is 36.6 Å². The van der Waals surface area contributed by atoms with E-state index in [0.29, 0.717) is 24.0 Å². The molecule has 0 radical (unpaired) electrons. The van der Waals surface area contributed by atoms with Gasteiger partial charge in [0.15, 0.2) is 0 Å². The summed E-state index contributed by atoms with van der Waals surface area (Å²) in [6.07, 6.45) is 0.616. The fraction of sp³-hybridized carbons (Fsp3) is 0.333. The second kappa shape index (κ2) is 6.11. The van der Waals surface area contributed by atoms with Crippen LogP contribution in [0, 0.1) is 0 Å². The molecule has 90 valence electrons. The number of sulfonamides is 1. The Balaban J connectivity index is 2.93. The zero-order valence-electron chi connectivity index (χ0n) is 8.41. The van der Waals surface area contributed by atoms with Gasteiger partial charge in [-0.3, -0.25) is 0 Å². The molecule has 0 aliphatic rings. The highest BCUT2D eigenvalue weighted by Crippen LogP contribution is 2.25. The van der Waals surface area contributed by atoms with Crippen molar-refractivity contribution in [3.63, 3.8) is 0 Å². The van der Waals surface area contributed by atoms with Crippen LogP contribution in [0.2, 0.25) is 0 Å². The van der Waals surface area contributed by atoms with E-state index >= 15 is 0 Å². The van der Waals surface area contributed by atoms with Gasteiger partial charge in [0, 0.05) is 15.5 Å². The van der Waals surface area contributed by atoms with Gasteiger partial charge in [0.1, 0.15) is 0 Å². The summed E-state index contributed by atoms with van der Waals surface area (Å²) in [6.45, 7) is 0.806. The summed E-state index contributed by atoms with van der Waals surface area (Å²) in [5.41, 5.74) is 5.30. The van der Waals surface area contributed by atoms with Crippen LogP contribution < -0.4 is 10.5 Å². The van der Waals surface area contributed by atoms with Gasteiger partial charge in [0.25, 0.3) is 0 Å². The van der Waals surface area contributed by atoms with E-state index in [0.717, 1.165) is 4.47 Å². The summed E-state index contributed by atoms with van der Waals surface area (Å²) in [7, 11) is -3.47. The van der Waals surface area contributed by atoms with Gasteiger partial charge in [-0.25, -0.2) is 13.1 Å². The average molecular weight is 372 g/mol. The van der Waals surface area contributed by atoms with Crippen molar-refractivity contribution in [2.75, 3.05) is 13.1 Å². The number of hydrogen-bond donors (Lipinski definition) is 2. The summed E-state index contributed by atoms with van der Waals surface area (Å²) < 4.78 is 27.5. The van der Waals surface area contributed by atoms with Crippen LogP contribution in [0.25, 0.3) is 0 Å². The first-order chi connectivity index (χ1) is 7.47. The van der Waals surface area contributed by atoms with Crippen molar-refractivity contribution in [2.24, 2.45) is 5.73 Å². The Bertz CT molecular complexity index is 463. The minimum absolute atomic E-state index is 0.221. The van der Waals surface area contributed by atoms with Gasteiger partial charge in [-0.2, -0.15) is 0 Å². The first kappa shape index (κ1) is 14.1. The second-order valence-electron chi connectivity index (χ2n) is 3.11. The molecular weight excluding hydrogens is 360 g/mol. The molecule has 3 N–H and O–H groups in total. The van der Waals surface area contributed by atoms with Crippen molar-refractivity contribution < 1.29 is 8.42 Å². The van der Waals surface area contributed by atoms with Crippen LogP contribution in [0.4, 0.5) is 0 Å². The summed E-state index contributed by atoms with van der Waals surface area (Å²) in [6, 6.07) is 5.00. The van der Waals surface area contributed by atoms with Gasteiger partial charge in [-0.15, -0.1) is 0 Å². The van der Waals surface area contributed by atoms with E-state index in [4.69, 9.17) is 5.73 Å². The monoisotopic (exact) mass is 370 g/mol. The van der Waals surface area contributed by atoms with Gasteiger partial charge in [-0.05, 0) is 47.1 Å². The van der Waals surface area contributed by atoms with Crippen LogP contribution in [0.15, 0.2) is 32.0 Å². The lowest BCUT2D eigenvalue weighted by atomic mass is 10.4. The number of hydrogen-bond acceptors (Lipinski definition) is 3. The van der Waals surface area contributed by atoms with E-state index in [1.54, 1.807) is 18.2 Å². The second-order valence-corrected chi connectivity index (χ2v) is 6.62. The van der Waals surface area contributed by atoms with Crippen LogP contribution in [0.5, 0.6) is 0 Å². The molecule has 1 aromatic carbocycles. The van der Waals surface area contributed by atoms with Crippen molar-refractivity contribution in [1.82, 2.24) is 4.72 Å². The Kier molecular flexibility index (Phi) is 5.39. The molecule has 0 spiro atoms. The molecule has 0 fully saturated rings. The SMILES string of the molecule is NCCCNS(=O)(=O)c1cc(Br)ccc1Br. The maximum Gasteiger partial charge on any atom is 0.241 e.